The maximum absolute atomic E-state index is 11.0. The van der Waals surface area contributed by atoms with Gasteiger partial charge in [0.1, 0.15) is 0 Å². The minimum atomic E-state index is -0.487. The zero-order valence-electron chi connectivity index (χ0n) is 6.87. The molecular formula is C8H8N2O3. The Hall–Kier alpha value is -1.65. The summed E-state index contributed by atoms with van der Waals surface area (Å²) in [6.07, 6.45) is 2.32. The van der Waals surface area contributed by atoms with E-state index in [9.17, 15) is 14.9 Å². The third kappa shape index (κ3) is 1.22. The first kappa shape index (κ1) is 7.97. The van der Waals surface area contributed by atoms with E-state index in [0.29, 0.717) is 12.0 Å². The van der Waals surface area contributed by atoms with Crippen molar-refractivity contribution in [2.75, 3.05) is 0 Å². The number of rotatable bonds is 1. The van der Waals surface area contributed by atoms with Crippen LogP contribution in [0.3, 0.4) is 0 Å². The zero-order chi connectivity index (χ0) is 9.42. The molecule has 0 saturated heterocycles. The predicted molar refractivity (Wildman–Crippen MR) is 45.7 cm³/mol. The van der Waals surface area contributed by atoms with Gasteiger partial charge in [0.25, 0.3) is 11.2 Å². The second-order valence-electron chi connectivity index (χ2n) is 3.09. The molecule has 1 aromatic rings. The Morgan fingerprint density at radius 2 is 2.23 bits per heavy atom. The maximum Gasteiger partial charge on any atom is 0.279 e. The Balaban J connectivity index is 2.69. The molecule has 1 aliphatic rings. The molecule has 1 aromatic heterocycles. The minimum Gasteiger partial charge on any atom is -0.325 e. The number of H-pyrrole nitrogens is 1. The standard InChI is InChI=1S/C8H8N2O3/c11-8-4-7(10(12)13)5-2-1-3-6(5)9-8/h4H,1-3H2,(H,9,11). The van der Waals surface area contributed by atoms with Crippen molar-refractivity contribution in [2.24, 2.45) is 0 Å². The van der Waals surface area contributed by atoms with Gasteiger partial charge in [-0.2, -0.15) is 0 Å². The molecule has 0 unspecified atom stereocenters. The van der Waals surface area contributed by atoms with E-state index in [-0.39, 0.29) is 11.2 Å². The number of hydrogen-bond donors (Lipinski definition) is 1. The van der Waals surface area contributed by atoms with Crippen LogP contribution >= 0.6 is 0 Å². The Kier molecular flexibility index (Phi) is 1.65. The van der Waals surface area contributed by atoms with Gasteiger partial charge in [-0.05, 0) is 19.3 Å². The Bertz CT molecular complexity index is 422. The van der Waals surface area contributed by atoms with Crippen molar-refractivity contribution in [1.29, 1.82) is 0 Å². The molecule has 0 aliphatic heterocycles. The van der Waals surface area contributed by atoms with Crippen molar-refractivity contribution in [2.45, 2.75) is 19.3 Å². The summed E-state index contributed by atoms with van der Waals surface area (Å²) in [5.41, 5.74) is 1.02. The summed E-state index contributed by atoms with van der Waals surface area (Å²) in [5, 5.41) is 10.6. The fraction of sp³-hybridized carbons (Fsp3) is 0.375. The number of aromatic amines is 1. The highest BCUT2D eigenvalue weighted by Gasteiger charge is 2.22. The van der Waals surface area contributed by atoms with Crippen LogP contribution in [0.1, 0.15) is 17.7 Å². The molecule has 5 nitrogen and oxygen atoms in total. The van der Waals surface area contributed by atoms with E-state index in [4.69, 9.17) is 0 Å². The summed E-state index contributed by atoms with van der Waals surface area (Å²) in [7, 11) is 0. The van der Waals surface area contributed by atoms with Gasteiger partial charge in [0, 0.05) is 11.3 Å². The van der Waals surface area contributed by atoms with E-state index < -0.39 is 4.92 Å². The van der Waals surface area contributed by atoms with Crippen molar-refractivity contribution in [3.05, 3.63) is 37.8 Å². The highest BCUT2D eigenvalue weighted by atomic mass is 16.6. The summed E-state index contributed by atoms with van der Waals surface area (Å²) < 4.78 is 0. The number of aryl methyl sites for hydroxylation is 1. The van der Waals surface area contributed by atoms with Crippen molar-refractivity contribution in [1.82, 2.24) is 4.98 Å². The Morgan fingerprint density at radius 1 is 1.46 bits per heavy atom. The van der Waals surface area contributed by atoms with Crippen LogP contribution in [0.4, 0.5) is 5.69 Å². The fourth-order valence-corrected chi connectivity index (χ4v) is 1.72. The Labute approximate surface area is 73.6 Å². The lowest BCUT2D eigenvalue weighted by atomic mass is 10.2. The van der Waals surface area contributed by atoms with Crippen LogP contribution in [0.5, 0.6) is 0 Å². The summed E-state index contributed by atoms with van der Waals surface area (Å²) in [6, 6.07) is 1.06. The highest BCUT2D eigenvalue weighted by Crippen LogP contribution is 2.26. The first-order chi connectivity index (χ1) is 6.18. The maximum atomic E-state index is 11.0. The normalized spacial score (nSPS) is 14.2. The SMILES string of the molecule is O=c1cc([N+](=O)[O-])c2c([nH]1)CCC2. The number of hydrogen-bond acceptors (Lipinski definition) is 3. The number of nitrogens with zero attached hydrogens (tertiary/aromatic N) is 1. The molecule has 2 rings (SSSR count). The molecule has 0 aromatic carbocycles. The van der Waals surface area contributed by atoms with Gasteiger partial charge in [0.2, 0.25) is 0 Å². The van der Waals surface area contributed by atoms with Gasteiger partial charge >= 0.3 is 0 Å². The van der Waals surface area contributed by atoms with Crippen LogP contribution in [0, 0.1) is 10.1 Å². The summed E-state index contributed by atoms with van der Waals surface area (Å²) >= 11 is 0. The van der Waals surface area contributed by atoms with Gasteiger partial charge in [0.15, 0.2) is 0 Å². The van der Waals surface area contributed by atoms with Crippen LogP contribution in [0.15, 0.2) is 10.9 Å². The van der Waals surface area contributed by atoms with Crippen LogP contribution in [0.25, 0.3) is 0 Å². The highest BCUT2D eigenvalue weighted by molar-refractivity contribution is 5.44. The largest absolute Gasteiger partial charge is 0.325 e. The van der Waals surface area contributed by atoms with Gasteiger partial charge in [-0.25, -0.2) is 0 Å². The molecule has 0 saturated carbocycles. The van der Waals surface area contributed by atoms with Crippen LogP contribution < -0.4 is 5.56 Å². The van der Waals surface area contributed by atoms with Gasteiger partial charge in [-0.1, -0.05) is 0 Å². The molecule has 1 aliphatic carbocycles. The van der Waals surface area contributed by atoms with Gasteiger partial charge in [0.05, 0.1) is 11.0 Å². The molecule has 1 N–H and O–H groups in total. The molecule has 0 radical (unpaired) electrons. The molecule has 0 fully saturated rings. The van der Waals surface area contributed by atoms with Crippen LogP contribution in [-0.2, 0) is 12.8 Å². The van der Waals surface area contributed by atoms with E-state index in [1.165, 1.54) is 0 Å². The number of fused-ring (bicyclic) bond motifs is 1. The monoisotopic (exact) mass is 180 g/mol. The lowest BCUT2D eigenvalue weighted by Gasteiger charge is -1.98. The van der Waals surface area contributed by atoms with Gasteiger partial charge in [-0.15, -0.1) is 0 Å². The van der Waals surface area contributed by atoms with E-state index in [1.807, 2.05) is 0 Å². The second kappa shape index (κ2) is 2.69. The third-order valence-corrected chi connectivity index (χ3v) is 2.27. The van der Waals surface area contributed by atoms with Crippen molar-refractivity contribution in [3.8, 4) is 0 Å². The van der Waals surface area contributed by atoms with Gasteiger partial charge < -0.3 is 4.98 Å². The minimum absolute atomic E-state index is 0.0312. The van der Waals surface area contributed by atoms with Crippen molar-refractivity contribution in [3.63, 3.8) is 0 Å². The first-order valence-electron chi connectivity index (χ1n) is 4.08. The van der Waals surface area contributed by atoms with Crippen molar-refractivity contribution >= 4 is 5.69 Å². The smallest absolute Gasteiger partial charge is 0.279 e. The number of pyridine rings is 1. The summed E-state index contributed by atoms with van der Waals surface area (Å²) in [4.78, 5) is 23.7. The molecule has 68 valence electrons. The topological polar surface area (TPSA) is 76.0 Å². The number of aromatic nitrogens is 1. The molecular weight excluding hydrogens is 172 g/mol. The lowest BCUT2D eigenvalue weighted by molar-refractivity contribution is -0.385. The second-order valence-corrected chi connectivity index (χ2v) is 3.09. The molecule has 0 atom stereocenters. The van der Waals surface area contributed by atoms with Crippen LogP contribution in [-0.4, -0.2) is 9.91 Å². The zero-order valence-corrected chi connectivity index (χ0v) is 6.87. The first-order valence-corrected chi connectivity index (χ1v) is 4.08. The number of nitro groups is 1. The molecule has 0 spiro atoms. The van der Waals surface area contributed by atoms with E-state index >= 15 is 0 Å². The summed E-state index contributed by atoms with van der Waals surface area (Å²) in [6.45, 7) is 0. The Morgan fingerprint density at radius 3 is 2.92 bits per heavy atom. The molecule has 1 heterocycles. The van der Waals surface area contributed by atoms with Crippen LogP contribution in [0.2, 0.25) is 0 Å². The average molecular weight is 180 g/mol. The molecule has 13 heavy (non-hydrogen) atoms. The van der Waals surface area contributed by atoms with Crippen molar-refractivity contribution < 1.29 is 4.92 Å². The van der Waals surface area contributed by atoms with E-state index in [2.05, 4.69) is 4.98 Å². The number of nitrogens with one attached hydrogen (secondary N) is 1. The fourth-order valence-electron chi connectivity index (χ4n) is 1.72. The lowest BCUT2D eigenvalue weighted by Crippen LogP contribution is -2.10. The van der Waals surface area contributed by atoms with Gasteiger partial charge in [-0.3, -0.25) is 14.9 Å². The third-order valence-electron chi connectivity index (χ3n) is 2.27. The quantitative estimate of drug-likeness (QED) is 0.512. The predicted octanol–water partition coefficient (Wildman–Crippen LogP) is 0.772. The molecule has 0 amide bonds. The average Bonchev–Trinajstić information content (AvgIpc) is 2.49. The van der Waals surface area contributed by atoms with E-state index in [0.717, 1.165) is 24.6 Å². The van der Waals surface area contributed by atoms with E-state index in [1.54, 1.807) is 0 Å². The molecule has 5 heteroatoms. The molecule has 0 bridgehead atoms. The summed E-state index contributed by atoms with van der Waals surface area (Å²) in [5.74, 6) is 0.